The highest BCUT2D eigenvalue weighted by molar-refractivity contribution is 6.74. The summed E-state index contributed by atoms with van der Waals surface area (Å²) in [6.45, 7) is 17.5. The summed E-state index contributed by atoms with van der Waals surface area (Å²) in [5, 5.41) is 0.106. The third-order valence-electron chi connectivity index (χ3n) is 4.99. The molecule has 5 heteroatoms. The van der Waals surface area contributed by atoms with Crippen LogP contribution in [0.4, 0.5) is 0 Å². The fraction of sp³-hybridized carbons (Fsp3) is 0.600. The Labute approximate surface area is 152 Å². The van der Waals surface area contributed by atoms with Crippen molar-refractivity contribution >= 4 is 20.0 Å². The Balaban J connectivity index is 2.47. The monoisotopic (exact) mass is 361 g/mol. The first-order valence-electron chi connectivity index (χ1n) is 8.95. The topological polar surface area (TPSA) is 47.9 Å². The molecule has 0 aromatic heterocycles. The zero-order chi connectivity index (χ0) is 19.0. The average Bonchev–Trinajstić information content (AvgIpc) is 2.85. The van der Waals surface area contributed by atoms with Gasteiger partial charge in [0.1, 0.15) is 12.4 Å². The van der Waals surface area contributed by atoms with E-state index in [1.807, 2.05) is 39.0 Å². The highest BCUT2D eigenvalue weighted by atomic mass is 28.4. The van der Waals surface area contributed by atoms with Gasteiger partial charge in [0.2, 0.25) is 14.2 Å². The van der Waals surface area contributed by atoms with Crippen molar-refractivity contribution in [2.24, 2.45) is 4.99 Å². The van der Waals surface area contributed by atoms with Gasteiger partial charge in [-0.2, -0.15) is 0 Å². The first kappa shape index (κ1) is 19.7. The van der Waals surface area contributed by atoms with Gasteiger partial charge in [-0.05, 0) is 50.2 Å². The SMILES string of the molecule is CCC(=O)c1ccc(O[Si](C)(C)C(C)(C)C)cc1C1=NC(C)(C)CO1. The predicted octanol–water partition coefficient (Wildman–Crippen LogP) is 5.22. The third kappa shape index (κ3) is 4.32. The molecule has 0 amide bonds. The van der Waals surface area contributed by atoms with Gasteiger partial charge in [-0.25, -0.2) is 4.99 Å². The molecule has 0 atom stereocenters. The molecule has 4 nitrogen and oxygen atoms in total. The number of hydrogen-bond acceptors (Lipinski definition) is 4. The van der Waals surface area contributed by atoms with E-state index in [1.54, 1.807) is 0 Å². The van der Waals surface area contributed by atoms with Crippen molar-refractivity contribution in [1.29, 1.82) is 0 Å². The molecule has 138 valence electrons. The lowest BCUT2D eigenvalue weighted by Gasteiger charge is -2.36. The molecule has 2 rings (SSSR count). The Morgan fingerprint density at radius 3 is 2.44 bits per heavy atom. The van der Waals surface area contributed by atoms with E-state index in [9.17, 15) is 4.79 Å². The highest BCUT2D eigenvalue weighted by Gasteiger charge is 2.39. The van der Waals surface area contributed by atoms with E-state index < -0.39 is 8.32 Å². The Bertz CT molecular complexity index is 699. The number of ketones is 1. The Kier molecular flexibility index (Phi) is 5.20. The molecule has 0 unspecified atom stereocenters. The van der Waals surface area contributed by atoms with Crippen LogP contribution in [0.15, 0.2) is 23.2 Å². The summed E-state index contributed by atoms with van der Waals surface area (Å²) in [7, 11) is -1.96. The predicted molar refractivity (Wildman–Crippen MR) is 105 cm³/mol. The summed E-state index contributed by atoms with van der Waals surface area (Å²) >= 11 is 0. The lowest BCUT2D eigenvalue weighted by molar-refractivity contribution is 0.0987. The molecule has 1 aromatic rings. The summed E-state index contributed by atoms with van der Waals surface area (Å²) in [6, 6.07) is 5.66. The molecule has 0 saturated heterocycles. The minimum absolute atomic E-state index is 0.0879. The van der Waals surface area contributed by atoms with E-state index in [0.29, 0.717) is 24.5 Å². The maximum atomic E-state index is 12.4. The van der Waals surface area contributed by atoms with Crippen LogP contribution >= 0.6 is 0 Å². The van der Waals surface area contributed by atoms with Crippen LogP contribution in [0.5, 0.6) is 5.75 Å². The van der Waals surface area contributed by atoms with Gasteiger partial charge in [0.25, 0.3) is 0 Å². The maximum absolute atomic E-state index is 12.4. The first-order chi connectivity index (χ1) is 11.4. The number of ether oxygens (including phenoxy) is 1. The fourth-order valence-electron chi connectivity index (χ4n) is 2.37. The number of hydrogen-bond donors (Lipinski definition) is 0. The van der Waals surface area contributed by atoms with Crippen molar-refractivity contribution in [3.63, 3.8) is 0 Å². The van der Waals surface area contributed by atoms with Gasteiger partial charge >= 0.3 is 0 Å². The minimum Gasteiger partial charge on any atom is -0.543 e. The molecule has 0 N–H and O–H groups in total. The van der Waals surface area contributed by atoms with E-state index in [2.05, 4.69) is 38.9 Å². The van der Waals surface area contributed by atoms with Gasteiger partial charge in [0.15, 0.2) is 5.78 Å². The van der Waals surface area contributed by atoms with Crippen molar-refractivity contribution < 1.29 is 14.0 Å². The number of Topliss-reactive ketones (excluding diaryl/α,β-unsaturated/α-hetero) is 1. The second-order valence-corrected chi connectivity index (χ2v) is 13.6. The number of aliphatic imine (C=N–C) groups is 1. The Morgan fingerprint density at radius 1 is 1.32 bits per heavy atom. The van der Waals surface area contributed by atoms with Crippen molar-refractivity contribution in [3.05, 3.63) is 29.3 Å². The van der Waals surface area contributed by atoms with Crippen molar-refractivity contribution in [3.8, 4) is 5.75 Å². The van der Waals surface area contributed by atoms with Crippen LogP contribution in [0.1, 0.15) is 63.9 Å². The zero-order valence-electron chi connectivity index (χ0n) is 16.8. The summed E-state index contributed by atoms with van der Waals surface area (Å²) in [5.41, 5.74) is 1.13. The highest BCUT2D eigenvalue weighted by Crippen LogP contribution is 2.38. The van der Waals surface area contributed by atoms with Crippen LogP contribution in [0, 0.1) is 0 Å². The smallest absolute Gasteiger partial charge is 0.250 e. The van der Waals surface area contributed by atoms with E-state index in [4.69, 9.17) is 9.16 Å². The van der Waals surface area contributed by atoms with Gasteiger partial charge < -0.3 is 9.16 Å². The molecule has 0 saturated carbocycles. The third-order valence-corrected chi connectivity index (χ3v) is 9.35. The van der Waals surface area contributed by atoms with E-state index in [-0.39, 0.29) is 16.4 Å². The second kappa shape index (κ2) is 6.59. The molecule has 1 aliphatic rings. The van der Waals surface area contributed by atoms with E-state index >= 15 is 0 Å². The van der Waals surface area contributed by atoms with Crippen LogP contribution in [-0.2, 0) is 4.74 Å². The van der Waals surface area contributed by atoms with Crippen LogP contribution in [0.25, 0.3) is 0 Å². The van der Waals surface area contributed by atoms with Crippen LogP contribution < -0.4 is 4.43 Å². The quantitative estimate of drug-likeness (QED) is 0.534. The van der Waals surface area contributed by atoms with Gasteiger partial charge in [-0.15, -0.1) is 0 Å². The lowest BCUT2D eigenvalue weighted by atomic mass is 10.0. The molecule has 25 heavy (non-hydrogen) atoms. The van der Waals surface area contributed by atoms with Gasteiger partial charge in [-0.1, -0.05) is 27.7 Å². The van der Waals surface area contributed by atoms with Crippen molar-refractivity contribution in [1.82, 2.24) is 0 Å². The minimum atomic E-state index is -1.96. The molecule has 0 fully saturated rings. The van der Waals surface area contributed by atoms with Crippen LogP contribution in [0.2, 0.25) is 18.1 Å². The Morgan fingerprint density at radius 2 is 1.96 bits per heavy atom. The number of nitrogens with zero attached hydrogens (tertiary/aromatic N) is 1. The van der Waals surface area contributed by atoms with Crippen LogP contribution in [-0.4, -0.2) is 32.1 Å². The average molecular weight is 362 g/mol. The number of benzene rings is 1. The van der Waals surface area contributed by atoms with Gasteiger partial charge in [0.05, 0.1) is 11.1 Å². The molecule has 0 bridgehead atoms. The largest absolute Gasteiger partial charge is 0.543 e. The fourth-order valence-corrected chi connectivity index (χ4v) is 3.39. The molecular formula is C20H31NO3Si. The Hall–Kier alpha value is -1.62. The summed E-state index contributed by atoms with van der Waals surface area (Å²) in [6.07, 6.45) is 0.451. The normalized spacial score (nSPS) is 17.0. The van der Waals surface area contributed by atoms with E-state index in [1.165, 1.54) is 0 Å². The maximum Gasteiger partial charge on any atom is 0.250 e. The molecule has 1 heterocycles. The standard InChI is InChI=1S/C20H31NO3Si/c1-9-17(22)15-11-10-14(24-25(7,8)19(2,3)4)12-16(15)18-21-20(5,6)13-23-18/h10-12H,9,13H2,1-8H3. The van der Waals surface area contributed by atoms with Gasteiger partial charge in [-0.3, -0.25) is 4.79 Å². The molecule has 1 aromatic carbocycles. The first-order valence-corrected chi connectivity index (χ1v) is 11.9. The number of carbonyl (C=O) groups is 1. The lowest BCUT2D eigenvalue weighted by Crippen LogP contribution is -2.43. The molecule has 0 radical (unpaired) electrons. The van der Waals surface area contributed by atoms with Crippen molar-refractivity contribution in [2.45, 2.75) is 71.6 Å². The van der Waals surface area contributed by atoms with Crippen LogP contribution in [0.3, 0.4) is 0 Å². The second-order valence-electron chi connectivity index (χ2n) is 8.86. The summed E-state index contributed by atoms with van der Waals surface area (Å²) in [4.78, 5) is 17.0. The molecule has 0 aliphatic carbocycles. The number of rotatable bonds is 5. The van der Waals surface area contributed by atoms with Crippen molar-refractivity contribution in [2.75, 3.05) is 6.61 Å². The van der Waals surface area contributed by atoms with Gasteiger partial charge in [0, 0.05) is 12.0 Å². The summed E-state index contributed by atoms with van der Waals surface area (Å²) < 4.78 is 12.2. The number of carbonyl (C=O) groups excluding carboxylic acids is 1. The molecule has 1 aliphatic heterocycles. The molecule has 0 spiro atoms. The molecular weight excluding hydrogens is 330 g/mol. The van der Waals surface area contributed by atoms with E-state index in [0.717, 1.165) is 11.3 Å². The summed E-state index contributed by atoms with van der Waals surface area (Å²) in [5.74, 6) is 1.41. The zero-order valence-corrected chi connectivity index (χ0v) is 17.8.